The second-order valence-electron chi connectivity index (χ2n) is 4.63. The summed E-state index contributed by atoms with van der Waals surface area (Å²) >= 11 is 3.36. The third kappa shape index (κ3) is 4.19. The summed E-state index contributed by atoms with van der Waals surface area (Å²) in [6.45, 7) is 2.31. The fourth-order valence-corrected chi connectivity index (χ4v) is 2.05. The van der Waals surface area contributed by atoms with E-state index in [1.54, 1.807) is 12.1 Å². The molecule has 0 amide bonds. The van der Waals surface area contributed by atoms with E-state index in [0.717, 1.165) is 22.9 Å². The fourth-order valence-electron chi connectivity index (χ4n) is 1.78. The molecule has 2 aromatic rings. The Bertz CT molecular complexity index is 589. The summed E-state index contributed by atoms with van der Waals surface area (Å²) in [5.74, 6) is 0.104. The van der Waals surface area contributed by atoms with Gasteiger partial charge in [-0.3, -0.25) is 0 Å². The lowest BCUT2D eigenvalue weighted by Crippen LogP contribution is -2.15. The number of unbranched alkanes of at least 4 members (excludes halogenated alkanes) is 1. The van der Waals surface area contributed by atoms with E-state index in [0.29, 0.717) is 12.4 Å². The molecule has 0 spiro atoms. The molecule has 4 nitrogen and oxygen atoms in total. The maximum atomic E-state index is 11.7. The van der Waals surface area contributed by atoms with E-state index in [4.69, 9.17) is 9.15 Å². The summed E-state index contributed by atoms with van der Waals surface area (Å²) in [6, 6.07) is 10.9. The number of furan rings is 1. The van der Waals surface area contributed by atoms with Crippen molar-refractivity contribution in [1.29, 1.82) is 0 Å². The molecule has 5 heteroatoms. The minimum absolute atomic E-state index is 0.189. The van der Waals surface area contributed by atoms with Gasteiger partial charge in [-0.1, -0.05) is 41.4 Å². The van der Waals surface area contributed by atoms with Crippen molar-refractivity contribution >= 4 is 21.9 Å². The molecule has 0 radical (unpaired) electrons. The smallest absolute Gasteiger partial charge is 0.342 e. The van der Waals surface area contributed by atoms with Crippen LogP contribution in [-0.4, -0.2) is 17.7 Å². The van der Waals surface area contributed by atoms with Crippen LogP contribution in [0.5, 0.6) is 0 Å². The second-order valence-corrected chi connectivity index (χ2v) is 5.55. The first-order chi connectivity index (χ1) is 10.1. The number of esters is 1. The quantitative estimate of drug-likeness (QED) is 0.628. The zero-order valence-electron chi connectivity index (χ0n) is 11.7. The highest BCUT2D eigenvalue weighted by molar-refractivity contribution is 9.10. The van der Waals surface area contributed by atoms with Gasteiger partial charge in [-0.25, -0.2) is 4.79 Å². The summed E-state index contributed by atoms with van der Waals surface area (Å²) in [7, 11) is 0. The van der Waals surface area contributed by atoms with Crippen LogP contribution >= 0.6 is 15.9 Å². The van der Waals surface area contributed by atoms with E-state index in [2.05, 4.69) is 15.9 Å². The van der Waals surface area contributed by atoms with Crippen molar-refractivity contribution < 1.29 is 19.1 Å². The average molecular weight is 353 g/mol. The number of rotatable bonds is 6. The number of hydrogen-bond donors (Lipinski definition) is 1. The lowest BCUT2D eigenvalue weighted by molar-refractivity contribution is -0.154. The predicted octanol–water partition coefficient (Wildman–Crippen LogP) is 4.09. The van der Waals surface area contributed by atoms with Crippen molar-refractivity contribution in [3.63, 3.8) is 0 Å². The standard InChI is InChI=1S/C16H17BrO4/c1-2-3-10-20-16(19)15(18)14-9-8-13(21-14)11-4-6-12(17)7-5-11/h4-9,15,18H,2-3,10H2,1H3/t15-/m1/s1. The van der Waals surface area contributed by atoms with Gasteiger partial charge in [-0.05, 0) is 30.7 Å². The normalized spacial score (nSPS) is 12.1. The Balaban J connectivity index is 2.05. The first kappa shape index (κ1) is 15.8. The number of aliphatic hydroxyl groups is 1. The van der Waals surface area contributed by atoms with Crippen molar-refractivity contribution in [3.05, 3.63) is 46.6 Å². The van der Waals surface area contributed by atoms with Crippen LogP contribution in [-0.2, 0) is 9.53 Å². The van der Waals surface area contributed by atoms with Crippen LogP contribution in [0.25, 0.3) is 11.3 Å². The SMILES string of the molecule is CCCCOC(=O)[C@H](O)c1ccc(-c2ccc(Br)cc2)o1. The van der Waals surface area contributed by atoms with E-state index in [-0.39, 0.29) is 5.76 Å². The van der Waals surface area contributed by atoms with E-state index in [1.165, 1.54) is 0 Å². The van der Waals surface area contributed by atoms with Gasteiger partial charge in [0.05, 0.1) is 6.61 Å². The molecule has 0 aliphatic heterocycles. The Hall–Kier alpha value is -1.59. The molecule has 0 saturated heterocycles. The van der Waals surface area contributed by atoms with Gasteiger partial charge < -0.3 is 14.3 Å². The number of carbonyl (C=O) groups is 1. The largest absolute Gasteiger partial charge is 0.463 e. The molecule has 1 aromatic heterocycles. The van der Waals surface area contributed by atoms with Crippen molar-refractivity contribution in [2.45, 2.75) is 25.9 Å². The van der Waals surface area contributed by atoms with Crippen LogP contribution in [0.15, 0.2) is 45.3 Å². The molecule has 0 aliphatic rings. The van der Waals surface area contributed by atoms with E-state index >= 15 is 0 Å². The van der Waals surface area contributed by atoms with Crippen molar-refractivity contribution in [2.24, 2.45) is 0 Å². The average Bonchev–Trinajstić information content (AvgIpc) is 2.97. The topological polar surface area (TPSA) is 59.7 Å². The van der Waals surface area contributed by atoms with E-state index in [1.807, 2.05) is 31.2 Å². The van der Waals surface area contributed by atoms with Gasteiger partial charge in [-0.15, -0.1) is 0 Å². The monoisotopic (exact) mass is 352 g/mol. The van der Waals surface area contributed by atoms with Crippen molar-refractivity contribution in [3.8, 4) is 11.3 Å². The van der Waals surface area contributed by atoms with Gasteiger partial charge in [0.25, 0.3) is 0 Å². The number of carbonyl (C=O) groups excluding carboxylic acids is 1. The zero-order valence-corrected chi connectivity index (χ0v) is 13.3. The summed E-state index contributed by atoms with van der Waals surface area (Å²) < 4.78 is 11.5. The van der Waals surface area contributed by atoms with Crippen LogP contribution in [0.3, 0.4) is 0 Å². The third-order valence-corrected chi connectivity index (χ3v) is 3.52. The maximum Gasteiger partial charge on any atom is 0.342 e. The van der Waals surface area contributed by atoms with Crippen LogP contribution in [0, 0.1) is 0 Å². The van der Waals surface area contributed by atoms with Gasteiger partial charge in [0.2, 0.25) is 6.10 Å². The lowest BCUT2D eigenvalue weighted by atomic mass is 10.2. The number of aliphatic hydroxyl groups excluding tert-OH is 1. The molecule has 0 fully saturated rings. The Kier molecular flexibility index (Phi) is 5.59. The van der Waals surface area contributed by atoms with Crippen molar-refractivity contribution in [2.75, 3.05) is 6.61 Å². The minimum Gasteiger partial charge on any atom is -0.463 e. The van der Waals surface area contributed by atoms with Gasteiger partial charge in [0, 0.05) is 10.0 Å². The molecule has 1 N–H and O–H groups in total. The predicted molar refractivity (Wildman–Crippen MR) is 82.7 cm³/mol. The molecule has 1 heterocycles. The summed E-state index contributed by atoms with van der Waals surface area (Å²) in [4.78, 5) is 11.7. The summed E-state index contributed by atoms with van der Waals surface area (Å²) in [5, 5.41) is 9.92. The molecule has 21 heavy (non-hydrogen) atoms. The highest BCUT2D eigenvalue weighted by atomic mass is 79.9. The van der Waals surface area contributed by atoms with Crippen LogP contribution in [0.4, 0.5) is 0 Å². The fraction of sp³-hybridized carbons (Fsp3) is 0.312. The molecular weight excluding hydrogens is 336 g/mol. The number of halogens is 1. The van der Waals surface area contributed by atoms with Crippen molar-refractivity contribution in [1.82, 2.24) is 0 Å². The number of hydrogen-bond acceptors (Lipinski definition) is 4. The zero-order chi connectivity index (χ0) is 15.2. The maximum absolute atomic E-state index is 11.7. The summed E-state index contributed by atoms with van der Waals surface area (Å²) in [6.07, 6.45) is 0.324. The molecule has 112 valence electrons. The van der Waals surface area contributed by atoms with Gasteiger partial charge >= 0.3 is 5.97 Å². The van der Waals surface area contributed by atoms with Gasteiger partial charge in [0.1, 0.15) is 11.5 Å². The molecule has 0 bridgehead atoms. The van der Waals surface area contributed by atoms with E-state index in [9.17, 15) is 9.90 Å². The highest BCUT2D eigenvalue weighted by Crippen LogP contribution is 2.27. The number of ether oxygens (including phenoxy) is 1. The van der Waals surface area contributed by atoms with Crippen LogP contribution in [0.2, 0.25) is 0 Å². The van der Waals surface area contributed by atoms with Gasteiger partial charge in [0.15, 0.2) is 0 Å². The molecule has 0 unspecified atom stereocenters. The molecule has 2 rings (SSSR count). The second kappa shape index (κ2) is 7.43. The minimum atomic E-state index is -1.38. The third-order valence-electron chi connectivity index (χ3n) is 2.99. The summed E-state index contributed by atoms with van der Waals surface area (Å²) in [5.41, 5.74) is 0.871. The Labute approximate surface area is 131 Å². The molecule has 0 saturated carbocycles. The Morgan fingerprint density at radius 3 is 2.67 bits per heavy atom. The van der Waals surface area contributed by atoms with E-state index < -0.39 is 12.1 Å². The molecule has 1 aromatic carbocycles. The van der Waals surface area contributed by atoms with Crippen LogP contribution < -0.4 is 0 Å². The Morgan fingerprint density at radius 2 is 2.00 bits per heavy atom. The Morgan fingerprint density at radius 1 is 1.29 bits per heavy atom. The van der Waals surface area contributed by atoms with Crippen LogP contribution in [0.1, 0.15) is 31.6 Å². The van der Waals surface area contributed by atoms with Gasteiger partial charge in [-0.2, -0.15) is 0 Å². The number of benzene rings is 1. The molecule has 0 aliphatic carbocycles. The lowest BCUT2D eigenvalue weighted by Gasteiger charge is -2.08. The molecular formula is C16H17BrO4. The molecule has 1 atom stereocenters. The highest BCUT2D eigenvalue weighted by Gasteiger charge is 2.22. The first-order valence-electron chi connectivity index (χ1n) is 6.82. The first-order valence-corrected chi connectivity index (χ1v) is 7.61.